The van der Waals surface area contributed by atoms with Gasteiger partial charge in [-0.25, -0.2) is 4.79 Å². The molecule has 0 atom stereocenters. The van der Waals surface area contributed by atoms with Crippen LogP contribution < -0.4 is 0 Å². The maximum atomic E-state index is 11.0. The molecule has 0 aliphatic carbocycles. The largest absolute Gasteiger partial charge is 0.463 e. The van der Waals surface area contributed by atoms with Crippen LogP contribution in [0.3, 0.4) is 0 Å². The van der Waals surface area contributed by atoms with Crippen LogP contribution in [0.4, 0.5) is 0 Å². The summed E-state index contributed by atoms with van der Waals surface area (Å²) in [6.07, 6.45) is 9.05. The molecule has 0 aromatic heterocycles. The van der Waals surface area contributed by atoms with Crippen LogP contribution >= 0.6 is 0 Å². The lowest BCUT2D eigenvalue weighted by molar-refractivity contribution is -0.137. The van der Waals surface area contributed by atoms with Gasteiger partial charge >= 0.3 is 5.97 Å². The second kappa shape index (κ2) is 8.54. The summed E-state index contributed by atoms with van der Waals surface area (Å²) in [5, 5.41) is 0. The lowest BCUT2D eigenvalue weighted by Gasteiger charge is -1.96. The quantitative estimate of drug-likeness (QED) is 0.282. The number of carbonyl (C=O) groups excluding carboxylic acids is 1. The fourth-order valence-electron chi connectivity index (χ4n) is 1.01. The minimum atomic E-state index is -0.259. The van der Waals surface area contributed by atoms with Gasteiger partial charge < -0.3 is 4.74 Å². The first kappa shape index (κ1) is 12.9. The molecule has 0 rings (SSSR count). The van der Waals surface area contributed by atoms with Crippen molar-refractivity contribution >= 4 is 5.97 Å². The van der Waals surface area contributed by atoms with Crippen molar-refractivity contribution in [2.24, 2.45) is 0 Å². The first-order chi connectivity index (χ1) is 6.70. The van der Waals surface area contributed by atoms with E-state index in [0.29, 0.717) is 6.61 Å². The van der Waals surface area contributed by atoms with Gasteiger partial charge in [-0.2, -0.15) is 0 Å². The predicted molar refractivity (Wildman–Crippen MR) is 59.1 cm³/mol. The summed E-state index contributed by atoms with van der Waals surface area (Å²) in [4.78, 5) is 11.0. The first-order valence-electron chi connectivity index (χ1n) is 5.22. The van der Waals surface area contributed by atoms with E-state index in [0.717, 1.165) is 12.0 Å². The Kier molecular flexibility index (Phi) is 7.90. The fraction of sp³-hybridized carbons (Fsp3) is 0.583. The zero-order valence-electron chi connectivity index (χ0n) is 9.38. The van der Waals surface area contributed by atoms with Crippen LogP contribution in [0.5, 0.6) is 0 Å². The lowest BCUT2D eigenvalue weighted by Crippen LogP contribution is -1.99. The third-order valence-corrected chi connectivity index (χ3v) is 1.74. The van der Waals surface area contributed by atoms with E-state index < -0.39 is 0 Å². The number of unbranched alkanes of at least 4 members (excludes halogenated alkanes) is 2. The maximum absolute atomic E-state index is 11.0. The van der Waals surface area contributed by atoms with Gasteiger partial charge in [0.1, 0.15) is 0 Å². The topological polar surface area (TPSA) is 26.3 Å². The molecule has 2 heteroatoms. The molecule has 0 aromatic rings. The Labute approximate surface area is 86.6 Å². The average molecular weight is 196 g/mol. The second-order valence-electron chi connectivity index (χ2n) is 3.19. The van der Waals surface area contributed by atoms with Gasteiger partial charge in [-0.1, -0.05) is 31.9 Å². The Morgan fingerprint density at radius 3 is 2.64 bits per heavy atom. The molecule has 0 saturated carbocycles. The SMILES string of the molecule is CCCC/C=C/C(C)=C/C(=O)OCC. The van der Waals surface area contributed by atoms with E-state index in [9.17, 15) is 4.79 Å². The Morgan fingerprint density at radius 1 is 1.36 bits per heavy atom. The molecule has 80 valence electrons. The number of ether oxygens (including phenoxy) is 1. The number of rotatable bonds is 6. The van der Waals surface area contributed by atoms with Crippen molar-refractivity contribution in [3.63, 3.8) is 0 Å². The van der Waals surface area contributed by atoms with Gasteiger partial charge in [0.25, 0.3) is 0 Å². The number of esters is 1. The van der Waals surface area contributed by atoms with Crippen molar-refractivity contribution in [2.75, 3.05) is 6.61 Å². The Morgan fingerprint density at radius 2 is 2.07 bits per heavy atom. The highest BCUT2D eigenvalue weighted by Gasteiger charge is 1.94. The highest BCUT2D eigenvalue weighted by atomic mass is 16.5. The fourth-order valence-corrected chi connectivity index (χ4v) is 1.01. The summed E-state index contributed by atoms with van der Waals surface area (Å²) >= 11 is 0. The standard InChI is InChI=1S/C12H20O2/c1-4-6-7-8-9-11(3)10-12(13)14-5-2/h8-10H,4-7H2,1-3H3/b9-8+,11-10+. The molecule has 0 unspecified atom stereocenters. The molecule has 2 nitrogen and oxygen atoms in total. The smallest absolute Gasteiger partial charge is 0.330 e. The molecule has 14 heavy (non-hydrogen) atoms. The summed E-state index contributed by atoms with van der Waals surface area (Å²) in [6.45, 7) is 6.30. The summed E-state index contributed by atoms with van der Waals surface area (Å²) in [7, 11) is 0. The Bertz CT molecular complexity index is 214. The number of hydrogen-bond donors (Lipinski definition) is 0. The predicted octanol–water partition coefficient (Wildman–Crippen LogP) is 3.24. The van der Waals surface area contributed by atoms with Crippen LogP contribution in [0.1, 0.15) is 40.0 Å². The monoisotopic (exact) mass is 196 g/mol. The molecule has 0 spiro atoms. The van der Waals surface area contributed by atoms with Gasteiger partial charge in [0.15, 0.2) is 0 Å². The van der Waals surface area contributed by atoms with E-state index in [1.165, 1.54) is 18.9 Å². The van der Waals surface area contributed by atoms with Crippen molar-refractivity contribution < 1.29 is 9.53 Å². The molecular weight excluding hydrogens is 176 g/mol. The van der Waals surface area contributed by atoms with Crippen molar-refractivity contribution in [1.82, 2.24) is 0 Å². The first-order valence-corrected chi connectivity index (χ1v) is 5.22. The molecule has 0 fully saturated rings. The van der Waals surface area contributed by atoms with Crippen molar-refractivity contribution in [2.45, 2.75) is 40.0 Å². The van der Waals surface area contributed by atoms with Gasteiger partial charge in [0.2, 0.25) is 0 Å². The molecule has 0 aromatic carbocycles. The zero-order chi connectivity index (χ0) is 10.8. The van der Waals surface area contributed by atoms with E-state index in [2.05, 4.69) is 13.0 Å². The van der Waals surface area contributed by atoms with E-state index >= 15 is 0 Å². The van der Waals surface area contributed by atoms with E-state index in [-0.39, 0.29) is 5.97 Å². The van der Waals surface area contributed by atoms with Gasteiger partial charge in [0.05, 0.1) is 6.61 Å². The molecule has 0 aliphatic rings. The molecule has 0 bridgehead atoms. The van der Waals surface area contributed by atoms with Crippen molar-refractivity contribution in [1.29, 1.82) is 0 Å². The number of allylic oxidation sites excluding steroid dienone is 3. The number of carbonyl (C=O) groups is 1. The van der Waals surface area contributed by atoms with Gasteiger partial charge in [-0.15, -0.1) is 0 Å². The minimum absolute atomic E-state index is 0.259. The minimum Gasteiger partial charge on any atom is -0.463 e. The highest BCUT2D eigenvalue weighted by molar-refractivity contribution is 5.83. The molecule has 0 N–H and O–H groups in total. The van der Waals surface area contributed by atoms with Gasteiger partial charge in [-0.3, -0.25) is 0 Å². The maximum Gasteiger partial charge on any atom is 0.330 e. The molecule has 0 saturated heterocycles. The van der Waals surface area contributed by atoms with Crippen LogP contribution in [-0.2, 0) is 9.53 Å². The summed E-state index contributed by atoms with van der Waals surface area (Å²) < 4.78 is 4.79. The molecule has 0 heterocycles. The lowest BCUT2D eigenvalue weighted by atomic mass is 10.2. The Balaban J connectivity index is 3.86. The normalized spacial score (nSPS) is 12.1. The molecular formula is C12H20O2. The number of hydrogen-bond acceptors (Lipinski definition) is 2. The molecule has 0 amide bonds. The molecule has 0 radical (unpaired) electrons. The third-order valence-electron chi connectivity index (χ3n) is 1.74. The van der Waals surface area contributed by atoms with Gasteiger partial charge in [-0.05, 0) is 25.8 Å². The second-order valence-corrected chi connectivity index (χ2v) is 3.19. The zero-order valence-corrected chi connectivity index (χ0v) is 9.38. The Hall–Kier alpha value is -1.05. The summed E-state index contributed by atoms with van der Waals surface area (Å²) in [5.74, 6) is -0.259. The van der Waals surface area contributed by atoms with Crippen LogP contribution in [0.25, 0.3) is 0 Å². The van der Waals surface area contributed by atoms with Crippen LogP contribution in [0.2, 0.25) is 0 Å². The van der Waals surface area contributed by atoms with Gasteiger partial charge in [0, 0.05) is 6.08 Å². The van der Waals surface area contributed by atoms with Crippen LogP contribution in [0, 0.1) is 0 Å². The highest BCUT2D eigenvalue weighted by Crippen LogP contribution is 2.00. The van der Waals surface area contributed by atoms with E-state index in [1.807, 2.05) is 13.0 Å². The van der Waals surface area contributed by atoms with E-state index in [4.69, 9.17) is 4.74 Å². The van der Waals surface area contributed by atoms with Crippen LogP contribution in [0.15, 0.2) is 23.8 Å². The summed E-state index contributed by atoms with van der Waals surface area (Å²) in [6, 6.07) is 0. The third kappa shape index (κ3) is 7.59. The molecule has 0 aliphatic heterocycles. The summed E-state index contributed by atoms with van der Waals surface area (Å²) in [5.41, 5.74) is 0.944. The average Bonchev–Trinajstić information content (AvgIpc) is 2.13. The van der Waals surface area contributed by atoms with Crippen molar-refractivity contribution in [3.8, 4) is 0 Å². The van der Waals surface area contributed by atoms with Crippen molar-refractivity contribution in [3.05, 3.63) is 23.8 Å². The van der Waals surface area contributed by atoms with Crippen LogP contribution in [-0.4, -0.2) is 12.6 Å². The van der Waals surface area contributed by atoms with E-state index in [1.54, 1.807) is 6.92 Å².